The molecule has 2 fully saturated rings. The van der Waals surface area contributed by atoms with Crippen molar-refractivity contribution < 1.29 is 14.6 Å². The van der Waals surface area contributed by atoms with E-state index in [-0.39, 0.29) is 11.0 Å². The molecule has 2 aliphatic carbocycles. The lowest BCUT2D eigenvalue weighted by molar-refractivity contribution is -0.148. The molecule has 2 aliphatic rings. The number of hydrogen-bond donors (Lipinski definition) is 2. The molecule has 31 heavy (non-hydrogen) atoms. The van der Waals surface area contributed by atoms with Crippen LogP contribution in [0.4, 0.5) is 0 Å². The van der Waals surface area contributed by atoms with Crippen molar-refractivity contribution >= 4 is 17.7 Å². The number of thioether (sulfide) groups is 1. The molecule has 0 aliphatic heterocycles. The number of carbonyl (C=O) groups is 1. The van der Waals surface area contributed by atoms with E-state index in [1.54, 1.807) is 11.8 Å². The molecule has 2 bridgehead atoms. The predicted octanol–water partition coefficient (Wildman–Crippen LogP) is 4.46. The summed E-state index contributed by atoms with van der Waals surface area (Å²) < 4.78 is 6.72. The van der Waals surface area contributed by atoms with Crippen LogP contribution < -0.4 is 5.73 Å². The summed E-state index contributed by atoms with van der Waals surface area (Å²) in [4.78, 5) is 12.3. The van der Waals surface area contributed by atoms with Gasteiger partial charge in [0.05, 0.1) is 12.2 Å². The molecular weight excluding hydrogens is 408 g/mol. The predicted molar refractivity (Wildman–Crippen MR) is 130 cm³/mol. The van der Waals surface area contributed by atoms with Gasteiger partial charge in [0, 0.05) is 12.0 Å². The minimum atomic E-state index is -0.913. The number of aliphatic carboxylic acids is 1. The first-order valence-corrected chi connectivity index (χ1v) is 12.7. The van der Waals surface area contributed by atoms with Crippen molar-refractivity contribution in [1.82, 2.24) is 4.90 Å². The van der Waals surface area contributed by atoms with Crippen LogP contribution in [-0.4, -0.2) is 61.3 Å². The fourth-order valence-corrected chi connectivity index (χ4v) is 5.95. The van der Waals surface area contributed by atoms with Crippen LogP contribution in [0.5, 0.6) is 0 Å². The number of rotatable bonds is 9. The molecule has 3 N–H and O–H groups in total. The minimum absolute atomic E-state index is 0.114. The monoisotopic (exact) mass is 450 g/mol. The van der Waals surface area contributed by atoms with Gasteiger partial charge in [0.1, 0.15) is 6.04 Å². The van der Waals surface area contributed by atoms with Crippen LogP contribution in [0.1, 0.15) is 52.0 Å². The second-order valence-electron chi connectivity index (χ2n) is 10.1. The Morgan fingerprint density at radius 1 is 1.29 bits per heavy atom. The summed E-state index contributed by atoms with van der Waals surface area (Å²) in [6.45, 7) is 9.19. The van der Waals surface area contributed by atoms with Gasteiger partial charge in [0.25, 0.3) is 0 Å². The van der Waals surface area contributed by atoms with Crippen LogP contribution in [-0.2, 0) is 15.1 Å². The van der Waals surface area contributed by atoms with E-state index in [9.17, 15) is 4.79 Å². The molecule has 1 aromatic rings. The molecule has 0 saturated heterocycles. The minimum Gasteiger partial charge on any atom is -0.480 e. The number of nitrogens with zero attached hydrogens (tertiary/aromatic N) is 1. The molecule has 2 saturated carbocycles. The summed E-state index contributed by atoms with van der Waals surface area (Å²) in [7, 11) is 4.23. The van der Waals surface area contributed by atoms with E-state index in [1.807, 2.05) is 6.26 Å². The number of carboxylic acid groups (broad SMARTS) is 1. The molecule has 0 spiro atoms. The van der Waals surface area contributed by atoms with Gasteiger partial charge < -0.3 is 20.5 Å². The Morgan fingerprint density at radius 3 is 2.39 bits per heavy atom. The molecule has 6 heteroatoms. The van der Waals surface area contributed by atoms with Gasteiger partial charge in [-0.25, -0.2) is 0 Å². The molecule has 1 aromatic carbocycles. The number of nitrogens with two attached hydrogens (primary N) is 1. The Kier molecular flexibility index (Phi) is 9.03. The Bertz CT molecular complexity index is 712. The first-order chi connectivity index (χ1) is 14.5. The topological polar surface area (TPSA) is 75.8 Å². The summed E-state index contributed by atoms with van der Waals surface area (Å²) in [5.41, 5.74) is 7.03. The van der Waals surface area contributed by atoms with E-state index >= 15 is 0 Å². The third-order valence-electron chi connectivity index (χ3n) is 7.94. The summed E-state index contributed by atoms with van der Waals surface area (Å²) in [6.07, 6.45) is 6.29. The number of hydrogen-bond acceptors (Lipinski definition) is 5. The first-order valence-electron chi connectivity index (χ1n) is 11.3. The average molecular weight is 451 g/mol. The van der Waals surface area contributed by atoms with Gasteiger partial charge in [-0.3, -0.25) is 4.79 Å². The Morgan fingerprint density at radius 2 is 1.94 bits per heavy atom. The zero-order valence-electron chi connectivity index (χ0n) is 20.2. The third kappa shape index (κ3) is 5.29. The molecule has 0 radical (unpaired) electrons. The number of ether oxygens (including phenoxy) is 1. The van der Waals surface area contributed by atoms with Crippen molar-refractivity contribution in [2.24, 2.45) is 22.5 Å². The van der Waals surface area contributed by atoms with Crippen molar-refractivity contribution in [1.29, 1.82) is 0 Å². The molecule has 5 nitrogen and oxygen atoms in total. The Hall–Kier alpha value is -1.08. The SMILES string of the molecule is CN(C)CCO[C@]1(c2ccccc2)C[C@H]2CC[C@]1(C)C2(C)C.CSCCC(N)C(=O)O. The summed E-state index contributed by atoms with van der Waals surface area (Å²) in [6, 6.07) is 10.3. The van der Waals surface area contributed by atoms with E-state index in [1.165, 1.54) is 24.8 Å². The van der Waals surface area contributed by atoms with Crippen LogP contribution in [0.2, 0.25) is 0 Å². The second kappa shape index (κ2) is 10.7. The average Bonchev–Trinajstić information content (AvgIpc) is 3.05. The van der Waals surface area contributed by atoms with Crippen molar-refractivity contribution in [3.8, 4) is 0 Å². The first kappa shape index (κ1) is 26.2. The van der Waals surface area contributed by atoms with E-state index in [0.29, 0.717) is 11.8 Å². The molecule has 0 heterocycles. The Labute approximate surface area is 193 Å². The van der Waals surface area contributed by atoms with Gasteiger partial charge in [-0.1, -0.05) is 51.1 Å². The highest BCUT2D eigenvalue weighted by Crippen LogP contribution is 2.73. The zero-order valence-corrected chi connectivity index (χ0v) is 21.0. The maximum absolute atomic E-state index is 10.1. The van der Waals surface area contributed by atoms with Crippen LogP contribution in [0, 0.1) is 16.7 Å². The lowest BCUT2D eigenvalue weighted by Gasteiger charge is -2.49. The quantitative estimate of drug-likeness (QED) is 0.579. The molecule has 176 valence electrons. The van der Waals surface area contributed by atoms with Crippen LogP contribution >= 0.6 is 11.8 Å². The van der Waals surface area contributed by atoms with Crippen LogP contribution in [0.25, 0.3) is 0 Å². The van der Waals surface area contributed by atoms with Gasteiger partial charge >= 0.3 is 5.97 Å². The van der Waals surface area contributed by atoms with E-state index < -0.39 is 12.0 Å². The van der Waals surface area contributed by atoms with Crippen molar-refractivity contribution in [2.75, 3.05) is 39.3 Å². The molecule has 0 amide bonds. The van der Waals surface area contributed by atoms with Crippen LogP contribution in [0.15, 0.2) is 30.3 Å². The van der Waals surface area contributed by atoms with Crippen molar-refractivity contribution in [3.63, 3.8) is 0 Å². The van der Waals surface area contributed by atoms with Crippen molar-refractivity contribution in [2.45, 2.75) is 58.1 Å². The highest BCUT2D eigenvalue weighted by Gasteiger charge is 2.69. The normalized spacial score (nSPS) is 29.5. The zero-order chi connectivity index (χ0) is 23.3. The van der Waals surface area contributed by atoms with E-state index in [2.05, 4.69) is 70.1 Å². The van der Waals surface area contributed by atoms with Gasteiger partial charge in [0.2, 0.25) is 0 Å². The van der Waals surface area contributed by atoms with E-state index in [4.69, 9.17) is 15.6 Å². The fraction of sp³-hybridized carbons (Fsp3) is 0.720. The van der Waals surface area contributed by atoms with Crippen molar-refractivity contribution in [3.05, 3.63) is 35.9 Å². The lowest BCUT2D eigenvalue weighted by Crippen LogP contribution is -2.47. The molecule has 0 aromatic heterocycles. The summed E-state index contributed by atoms with van der Waals surface area (Å²) in [5, 5.41) is 8.27. The lowest BCUT2D eigenvalue weighted by atomic mass is 9.62. The highest BCUT2D eigenvalue weighted by atomic mass is 32.2. The third-order valence-corrected chi connectivity index (χ3v) is 8.58. The number of likely N-dealkylation sites (N-methyl/N-ethyl adjacent to an activating group) is 1. The summed E-state index contributed by atoms with van der Waals surface area (Å²) >= 11 is 1.60. The second-order valence-corrected chi connectivity index (χ2v) is 11.1. The van der Waals surface area contributed by atoms with Gasteiger partial charge in [0.15, 0.2) is 0 Å². The van der Waals surface area contributed by atoms with Gasteiger partial charge in [-0.15, -0.1) is 0 Å². The standard InChI is InChI=1S/C20H31NO.C5H11NO2S/c1-18(2)17-11-12-19(18,3)20(15-17,22-14-13-21(4)5)16-9-7-6-8-10-16;1-9-3-2-4(6)5(7)8/h6-10,17H,11-15H2,1-5H3;4H,2-3,6H2,1H3,(H,7,8)/t17-,19-,20+;/m1./s1. The highest BCUT2D eigenvalue weighted by molar-refractivity contribution is 7.98. The number of fused-ring (bicyclic) bond motifs is 2. The number of benzene rings is 1. The summed E-state index contributed by atoms with van der Waals surface area (Å²) in [5.74, 6) is 0.675. The smallest absolute Gasteiger partial charge is 0.320 e. The van der Waals surface area contributed by atoms with E-state index in [0.717, 1.165) is 24.8 Å². The Balaban J connectivity index is 0.000000323. The maximum atomic E-state index is 10.1. The number of carboxylic acids is 1. The molecular formula is C25H42N2O3S. The maximum Gasteiger partial charge on any atom is 0.320 e. The van der Waals surface area contributed by atoms with Gasteiger partial charge in [-0.2, -0.15) is 11.8 Å². The fourth-order valence-electron chi connectivity index (χ4n) is 5.46. The van der Waals surface area contributed by atoms with Gasteiger partial charge in [-0.05, 0) is 68.7 Å². The molecule has 4 atom stereocenters. The largest absolute Gasteiger partial charge is 0.480 e. The van der Waals surface area contributed by atoms with Crippen LogP contribution in [0.3, 0.4) is 0 Å². The molecule has 1 unspecified atom stereocenters. The molecule has 3 rings (SSSR count).